The van der Waals surface area contributed by atoms with Crippen LogP contribution in [-0.2, 0) is 11.2 Å². The molecular weight excluding hydrogens is 220 g/mol. The van der Waals surface area contributed by atoms with Gasteiger partial charge in [-0.1, -0.05) is 0 Å². The number of likely N-dealkylation sites (N-methyl/N-ethyl adjacent to an activating group) is 1. The average molecular weight is 240 g/mol. The van der Waals surface area contributed by atoms with Crippen LogP contribution in [0.1, 0.15) is 16.9 Å². The summed E-state index contributed by atoms with van der Waals surface area (Å²) < 4.78 is 0. The molecule has 1 heterocycles. The fraction of sp³-hybridized carbons (Fsp3) is 0.583. The first-order valence-corrected chi connectivity index (χ1v) is 6.44. The number of aryl methyl sites for hydroxylation is 1. The van der Waals surface area contributed by atoms with E-state index >= 15 is 0 Å². The Kier molecular flexibility index (Phi) is 5.49. The van der Waals surface area contributed by atoms with E-state index in [2.05, 4.69) is 23.7 Å². The summed E-state index contributed by atoms with van der Waals surface area (Å²) in [5.74, 6) is 0.212. The second-order valence-electron chi connectivity index (χ2n) is 3.95. The van der Waals surface area contributed by atoms with Gasteiger partial charge in [0.25, 0.3) is 0 Å². The summed E-state index contributed by atoms with van der Waals surface area (Å²) in [5, 5.41) is 5.09. The first kappa shape index (κ1) is 13.2. The lowest BCUT2D eigenvalue weighted by Crippen LogP contribution is -2.30. The largest absolute Gasteiger partial charge is 0.345 e. The van der Waals surface area contributed by atoms with Crippen LogP contribution in [0.3, 0.4) is 0 Å². The molecule has 4 heteroatoms. The second kappa shape index (κ2) is 6.66. The molecule has 0 spiro atoms. The average Bonchev–Trinajstić information content (AvgIpc) is 2.68. The van der Waals surface area contributed by atoms with Crippen LogP contribution in [0.4, 0.5) is 0 Å². The molecule has 0 unspecified atom stereocenters. The Bertz CT molecular complexity index is 336. The van der Waals surface area contributed by atoms with Gasteiger partial charge in [0.15, 0.2) is 0 Å². The summed E-state index contributed by atoms with van der Waals surface area (Å²) in [5.41, 5.74) is 1.33. The van der Waals surface area contributed by atoms with Crippen molar-refractivity contribution in [1.82, 2.24) is 10.2 Å². The van der Waals surface area contributed by atoms with Gasteiger partial charge in [-0.25, -0.2) is 0 Å². The van der Waals surface area contributed by atoms with E-state index in [0.29, 0.717) is 6.42 Å². The van der Waals surface area contributed by atoms with E-state index in [1.54, 1.807) is 11.3 Å². The lowest BCUT2D eigenvalue weighted by atomic mass is 10.2. The Hall–Kier alpha value is -0.870. The van der Waals surface area contributed by atoms with Crippen LogP contribution < -0.4 is 5.32 Å². The minimum absolute atomic E-state index is 0.212. The minimum Gasteiger partial charge on any atom is -0.345 e. The third kappa shape index (κ3) is 3.94. The topological polar surface area (TPSA) is 32.3 Å². The highest BCUT2D eigenvalue weighted by Gasteiger charge is 2.08. The molecule has 0 bridgehead atoms. The maximum absolute atomic E-state index is 11.6. The molecule has 0 aliphatic heterocycles. The Morgan fingerprint density at radius 1 is 1.56 bits per heavy atom. The molecule has 0 radical (unpaired) electrons. The highest BCUT2D eigenvalue weighted by atomic mass is 32.1. The second-order valence-corrected chi connectivity index (χ2v) is 4.95. The molecule has 1 aromatic rings. The van der Waals surface area contributed by atoms with Gasteiger partial charge in [-0.3, -0.25) is 4.79 Å². The molecule has 0 atom stereocenters. The van der Waals surface area contributed by atoms with Crippen molar-refractivity contribution < 1.29 is 4.79 Å². The van der Waals surface area contributed by atoms with Gasteiger partial charge in [-0.2, -0.15) is 0 Å². The molecule has 3 nitrogen and oxygen atoms in total. The molecule has 0 aromatic carbocycles. The van der Waals surface area contributed by atoms with Crippen molar-refractivity contribution in [3.05, 3.63) is 21.9 Å². The summed E-state index contributed by atoms with van der Waals surface area (Å²) in [7, 11) is 3.74. The summed E-state index contributed by atoms with van der Waals surface area (Å²) >= 11 is 1.77. The highest BCUT2D eigenvalue weighted by Crippen LogP contribution is 2.16. The molecule has 0 fully saturated rings. The summed E-state index contributed by atoms with van der Waals surface area (Å²) in [6.45, 7) is 3.68. The zero-order chi connectivity index (χ0) is 12.0. The van der Waals surface area contributed by atoms with Crippen molar-refractivity contribution >= 4 is 17.2 Å². The molecule has 16 heavy (non-hydrogen) atoms. The molecule has 1 aromatic heterocycles. The highest BCUT2D eigenvalue weighted by molar-refractivity contribution is 7.10. The molecule has 0 aliphatic carbocycles. The lowest BCUT2D eigenvalue weighted by Gasteiger charge is -2.16. The number of hydrogen-bond donors (Lipinski definition) is 1. The standard InChI is InChI=1S/C12H20N2OS/c1-10-6-9-16-11(10)5-8-14(3)12(15)4-7-13-2/h6,9,13H,4-5,7-8H2,1-3H3. The molecule has 90 valence electrons. The zero-order valence-corrected chi connectivity index (χ0v) is 11.1. The first-order valence-electron chi connectivity index (χ1n) is 5.56. The molecule has 0 aliphatic rings. The van der Waals surface area contributed by atoms with E-state index < -0.39 is 0 Å². The number of carbonyl (C=O) groups is 1. The molecular formula is C12H20N2OS. The van der Waals surface area contributed by atoms with Crippen molar-refractivity contribution in [3.8, 4) is 0 Å². The van der Waals surface area contributed by atoms with Crippen LogP contribution in [0.15, 0.2) is 11.4 Å². The molecule has 0 saturated heterocycles. The zero-order valence-electron chi connectivity index (χ0n) is 10.2. The number of nitrogens with zero attached hydrogens (tertiary/aromatic N) is 1. The molecule has 0 saturated carbocycles. The third-order valence-electron chi connectivity index (χ3n) is 2.66. The normalized spacial score (nSPS) is 10.4. The van der Waals surface area contributed by atoms with Crippen molar-refractivity contribution in [1.29, 1.82) is 0 Å². The number of rotatable bonds is 6. The van der Waals surface area contributed by atoms with E-state index in [1.165, 1.54) is 10.4 Å². The number of thiophene rings is 1. The van der Waals surface area contributed by atoms with Crippen LogP contribution >= 0.6 is 11.3 Å². The number of nitrogens with one attached hydrogen (secondary N) is 1. The van der Waals surface area contributed by atoms with Crippen molar-refractivity contribution in [2.24, 2.45) is 0 Å². The predicted octanol–water partition coefficient (Wildman–Crippen LogP) is 1.67. The summed E-state index contributed by atoms with van der Waals surface area (Å²) in [6, 6.07) is 2.13. The monoisotopic (exact) mass is 240 g/mol. The Balaban J connectivity index is 2.32. The van der Waals surface area contributed by atoms with E-state index in [-0.39, 0.29) is 5.91 Å². The SMILES string of the molecule is CNCCC(=O)N(C)CCc1sccc1C. The Morgan fingerprint density at radius 3 is 2.88 bits per heavy atom. The van der Waals surface area contributed by atoms with Gasteiger partial charge in [0.2, 0.25) is 5.91 Å². The first-order chi connectivity index (χ1) is 7.65. The van der Waals surface area contributed by atoms with Crippen molar-refractivity contribution in [2.75, 3.05) is 27.2 Å². The van der Waals surface area contributed by atoms with E-state index in [1.807, 2.05) is 19.0 Å². The quantitative estimate of drug-likeness (QED) is 0.820. The van der Waals surface area contributed by atoms with E-state index in [9.17, 15) is 4.79 Å². The van der Waals surface area contributed by atoms with Crippen LogP contribution in [0, 0.1) is 6.92 Å². The molecule has 1 rings (SSSR count). The van der Waals surface area contributed by atoms with Gasteiger partial charge in [0.05, 0.1) is 0 Å². The Labute approximate surface area is 101 Å². The smallest absolute Gasteiger partial charge is 0.223 e. The van der Waals surface area contributed by atoms with Gasteiger partial charge in [0, 0.05) is 31.4 Å². The number of carbonyl (C=O) groups excluding carboxylic acids is 1. The van der Waals surface area contributed by atoms with Gasteiger partial charge >= 0.3 is 0 Å². The van der Waals surface area contributed by atoms with Gasteiger partial charge in [-0.05, 0) is 37.4 Å². The third-order valence-corrected chi connectivity index (χ3v) is 3.74. The lowest BCUT2D eigenvalue weighted by molar-refractivity contribution is -0.129. The fourth-order valence-corrected chi connectivity index (χ4v) is 2.38. The maximum Gasteiger partial charge on any atom is 0.223 e. The summed E-state index contributed by atoms with van der Waals surface area (Å²) in [4.78, 5) is 14.8. The molecule has 1 amide bonds. The fourth-order valence-electron chi connectivity index (χ4n) is 1.48. The van der Waals surface area contributed by atoms with Crippen LogP contribution in [0.25, 0.3) is 0 Å². The minimum atomic E-state index is 0.212. The van der Waals surface area contributed by atoms with Crippen molar-refractivity contribution in [2.45, 2.75) is 19.8 Å². The molecule has 1 N–H and O–H groups in total. The number of amides is 1. The van der Waals surface area contributed by atoms with Gasteiger partial charge in [-0.15, -0.1) is 11.3 Å². The van der Waals surface area contributed by atoms with Crippen LogP contribution in [0.5, 0.6) is 0 Å². The van der Waals surface area contributed by atoms with Crippen LogP contribution in [0.2, 0.25) is 0 Å². The van der Waals surface area contributed by atoms with E-state index in [4.69, 9.17) is 0 Å². The number of hydrogen-bond acceptors (Lipinski definition) is 3. The van der Waals surface area contributed by atoms with Crippen molar-refractivity contribution in [3.63, 3.8) is 0 Å². The predicted molar refractivity (Wildman–Crippen MR) is 68.9 cm³/mol. The van der Waals surface area contributed by atoms with Gasteiger partial charge in [0.1, 0.15) is 0 Å². The summed E-state index contributed by atoms with van der Waals surface area (Å²) in [6.07, 6.45) is 1.54. The maximum atomic E-state index is 11.6. The van der Waals surface area contributed by atoms with Gasteiger partial charge < -0.3 is 10.2 Å². The Morgan fingerprint density at radius 2 is 2.31 bits per heavy atom. The van der Waals surface area contributed by atoms with Crippen LogP contribution in [-0.4, -0.2) is 38.0 Å². The van der Waals surface area contributed by atoms with E-state index in [0.717, 1.165) is 19.5 Å².